The summed E-state index contributed by atoms with van der Waals surface area (Å²) in [6.07, 6.45) is 0.231. The number of ether oxygens (including phenoxy) is 2. The van der Waals surface area contributed by atoms with Gasteiger partial charge >= 0.3 is 0 Å². The van der Waals surface area contributed by atoms with Gasteiger partial charge < -0.3 is 19.5 Å². The number of halogens is 1. The first-order chi connectivity index (χ1) is 9.69. The van der Waals surface area contributed by atoms with Gasteiger partial charge in [0.1, 0.15) is 5.75 Å². The molecular weight excluding hydrogens is 282 g/mol. The Bertz CT molecular complexity index is 414. The van der Waals surface area contributed by atoms with Gasteiger partial charge in [0.2, 0.25) is 5.91 Å². The Morgan fingerprint density at radius 2 is 2.05 bits per heavy atom. The summed E-state index contributed by atoms with van der Waals surface area (Å²) in [6, 6.07) is 7.12. The summed E-state index contributed by atoms with van der Waals surface area (Å²) < 4.78 is 10.4. The zero-order valence-electron chi connectivity index (χ0n) is 11.5. The van der Waals surface area contributed by atoms with Crippen molar-refractivity contribution >= 4 is 17.5 Å². The Labute approximate surface area is 124 Å². The minimum absolute atomic E-state index is 0.0686. The summed E-state index contributed by atoms with van der Waals surface area (Å²) >= 11 is 5.95. The number of rotatable bonds is 9. The number of benzene rings is 1. The van der Waals surface area contributed by atoms with E-state index < -0.39 is 0 Å². The van der Waals surface area contributed by atoms with E-state index in [-0.39, 0.29) is 25.5 Å². The quantitative estimate of drug-likeness (QED) is 0.752. The van der Waals surface area contributed by atoms with Crippen LogP contribution in [0.1, 0.15) is 6.42 Å². The van der Waals surface area contributed by atoms with Gasteiger partial charge in [-0.3, -0.25) is 4.79 Å². The SMILES string of the molecule is COCCN(CCO)C(=O)CCOc1ccccc1Cl. The third-order valence-corrected chi connectivity index (χ3v) is 3.01. The highest BCUT2D eigenvalue weighted by molar-refractivity contribution is 6.32. The molecule has 112 valence electrons. The molecule has 0 aliphatic heterocycles. The van der Waals surface area contributed by atoms with Crippen LogP contribution in [0.15, 0.2) is 24.3 Å². The summed E-state index contributed by atoms with van der Waals surface area (Å²) in [5.74, 6) is 0.482. The first-order valence-electron chi connectivity index (χ1n) is 6.44. The van der Waals surface area contributed by atoms with Crippen LogP contribution in [0.25, 0.3) is 0 Å². The lowest BCUT2D eigenvalue weighted by Gasteiger charge is -2.21. The summed E-state index contributed by atoms with van der Waals surface area (Å²) in [7, 11) is 1.57. The van der Waals surface area contributed by atoms with Crippen LogP contribution < -0.4 is 4.74 Å². The molecule has 1 amide bonds. The van der Waals surface area contributed by atoms with Crippen LogP contribution in [-0.2, 0) is 9.53 Å². The van der Waals surface area contributed by atoms with E-state index in [9.17, 15) is 4.79 Å². The van der Waals surface area contributed by atoms with E-state index in [1.807, 2.05) is 12.1 Å². The second kappa shape index (κ2) is 9.58. The highest BCUT2D eigenvalue weighted by Crippen LogP contribution is 2.23. The molecule has 0 fully saturated rings. The number of aliphatic hydroxyl groups excluding tert-OH is 1. The first-order valence-corrected chi connectivity index (χ1v) is 6.81. The number of aliphatic hydroxyl groups is 1. The second-order valence-corrected chi connectivity index (χ2v) is 4.53. The van der Waals surface area contributed by atoms with Crippen LogP contribution in [0.4, 0.5) is 0 Å². The number of nitrogens with zero attached hydrogens (tertiary/aromatic N) is 1. The van der Waals surface area contributed by atoms with Gasteiger partial charge in [-0.25, -0.2) is 0 Å². The monoisotopic (exact) mass is 301 g/mol. The number of carbonyl (C=O) groups excluding carboxylic acids is 1. The van der Waals surface area contributed by atoms with Crippen molar-refractivity contribution in [2.24, 2.45) is 0 Å². The van der Waals surface area contributed by atoms with Crippen molar-refractivity contribution in [3.05, 3.63) is 29.3 Å². The smallest absolute Gasteiger partial charge is 0.226 e. The predicted octanol–water partition coefficient (Wildman–Crippen LogP) is 1.58. The van der Waals surface area contributed by atoms with Crippen molar-refractivity contribution in [1.82, 2.24) is 4.90 Å². The van der Waals surface area contributed by atoms with Gasteiger partial charge in [-0.1, -0.05) is 23.7 Å². The van der Waals surface area contributed by atoms with E-state index in [2.05, 4.69) is 0 Å². The standard InChI is InChI=1S/C14H20ClNO4/c1-19-11-8-16(7-9-17)14(18)6-10-20-13-5-3-2-4-12(13)15/h2-5,17H,6-11H2,1H3. The van der Waals surface area contributed by atoms with Crippen molar-refractivity contribution in [3.8, 4) is 5.75 Å². The molecule has 0 saturated heterocycles. The number of hydrogen-bond donors (Lipinski definition) is 1. The lowest BCUT2D eigenvalue weighted by molar-refractivity contribution is -0.132. The molecule has 0 heterocycles. The molecule has 0 radical (unpaired) electrons. The molecule has 1 N–H and O–H groups in total. The van der Waals surface area contributed by atoms with Gasteiger partial charge in [0.25, 0.3) is 0 Å². The molecule has 0 spiro atoms. The van der Waals surface area contributed by atoms with Crippen molar-refractivity contribution < 1.29 is 19.4 Å². The molecule has 0 atom stereocenters. The normalized spacial score (nSPS) is 10.3. The summed E-state index contributed by atoms with van der Waals surface area (Å²) in [6.45, 7) is 1.38. The molecule has 0 saturated carbocycles. The third kappa shape index (κ3) is 5.77. The lowest BCUT2D eigenvalue weighted by Crippen LogP contribution is -2.36. The minimum atomic E-state index is -0.0804. The fraction of sp³-hybridized carbons (Fsp3) is 0.500. The van der Waals surface area contributed by atoms with E-state index in [1.54, 1.807) is 24.1 Å². The van der Waals surface area contributed by atoms with E-state index in [0.717, 1.165) is 0 Å². The van der Waals surface area contributed by atoms with Crippen molar-refractivity contribution in [3.63, 3.8) is 0 Å². The summed E-state index contributed by atoms with van der Waals surface area (Å²) in [5, 5.41) is 9.46. The third-order valence-electron chi connectivity index (χ3n) is 2.70. The molecule has 0 aliphatic carbocycles. The van der Waals surface area contributed by atoms with Crippen LogP contribution in [0.3, 0.4) is 0 Å². The Morgan fingerprint density at radius 1 is 1.30 bits per heavy atom. The van der Waals surface area contributed by atoms with E-state index in [1.165, 1.54) is 0 Å². The lowest BCUT2D eigenvalue weighted by atomic mass is 10.3. The molecule has 0 aromatic heterocycles. The average molecular weight is 302 g/mol. The molecular formula is C14H20ClNO4. The molecule has 5 nitrogen and oxygen atoms in total. The largest absolute Gasteiger partial charge is 0.491 e. The van der Waals surface area contributed by atoms with E-state index in [4.69, 9.17) is 26.2 Å². The topological polar surface area (TPSA) is 59.0 Å². The molecule has 0 bridgehead atoms. The Hall–Kier alpha value is -1.30. The van der Waals surface area contributed by atoms with Crippen molar-refractivity contribution in [2.45, 2.75) is 6.42 Å². The molecule has 1 aromatic rings. The van der Waals surface area contributed by atoms with Crippen molar-refractivity contribution in [2.75, 3.05) is 40.0 Å². The Morgan fingerprint density at radius 3 is 2.70 bits per heavy atom. The average Bonchev–Trinajstić information content (AvgIpc) is 2.45. The minimum Gasteiger partial charge on any atom is -0.491 e. The Balaban J connectivity index is 2.38. The fourth-order valence-corrected chi connectivity index (χ4v) is 1.84. The van der Waals surface area contributed by atoms with E-state index >= 15 is 0 Å². The maximum atomic E-state index is 12.0. The van der Waals surface area contributed by atoms with Crippen LogP contribution >= 0.6 is 11.6 Å². The zero-order valence-corrected chi connectivity index (χ0v) is 12.3. The van der Waals surface area contributed by atoms with Crippen LogP contribution in [0.2, 0.25) is 5.02 Å². The Kier molecular flexibility index (Phi) is 8.02. The number of hydrogen-bond acceptors (Lipinski definition) is 4. The van der Waals surface area contributed by atoms with Gasteiger partial charge in [0.05, 0.1) is 31.3 Å². The van der Waals surface area contributed by atoms with Crippen LogP contribution in [0.5, 0.6) is 5.75 Å². The molecule has 0 aliphatic rings. The maximum absolute atomic E-state index is 12.0. The number of methoxy groups -OCH3 is 1. The maximum Gasteiger partial charge on any atom is 0.226 e. The van der Waals surface area contributed by atoms with E-state index in [0.29, 0.717) is 30.5 Å². The fourth-order valence-electron chi connectivity index (χ4n) is 1.65. The highest BCUT2D eigenvalue weighted by Gasteiger charge is 2.13. The molecule has 0 unspecified atom stereocenters. The van der Waals surface area contributed by atoms with Crippen LogP contribution in [-0.4, -0.2) is 55.9 Å². The first kappa shape index (κ1) is 16.8. The van der Waals surface area contributed by atoms with Gasteiger partial charge in [-0.2, -0.15) is 0 Å². The number of carbonyl (C=O) groups is 1. The van der Waals surface area contributed by atoms with Gasteiger partial charge in [0.15, 0.2) is 0 Å². The number of para-hydroxylation sites is 1. The molecule has 1 aromatic carbocycles. The highest BCUT2D eigenvalue weighted by atomic mass is 35.5. The molecule has 20 heavy (non-hydrogen) atoms. The van der Waals surface area contributed by atoms with Crippen LogP contribution in [0, 0.1) is 0 Å². The van der Waals surface area contributed by atoms with Gasteiger partial charge in [-0.15, -0.1) is 0 Å². The van der Waals surface area contributed by atoms with Crippen molar-refractivity contribution in [1.29, 1.82) is 0 Å². The van der Waals surface area contributed by atoms with Gasteiger partial charge in [-0.05, 0) is 12.1 Å². The van der Waals surface area contributed by atoms with Gasteiger partial charge in [0, 0.05) is 20.2 Å². The molecule has 6 heteroatoms. The summed E-state index contributed by atoms with van der Waals surface area (Å²) in [4.78, 5) is 13.5. The summed E-state index contributed by atoms with van der Waals surface area (Å²) in [5.41, 5.74) is 0. The zero-order chi connectivity index (χ0) is 14.8. The molecule has 1 rings (SSSR count). The number of amides is 1. The predicted molar refractivity (Wildman–Crippen MR) is 77.1 cm³/mol. The second-order valence-electron chi connectivity index (χ2n) is 4.13.